The molecule has 0 bridgehead atoms. The van der Waals surface area contributed by atoms with E-state index in [2.05, 4.69) is 32.9 Å². The maximum Gasteiger partial charge on any atom is 0.225 e. The molecule has 1 aromatic rings. The zero-order valence-corrected chi connectivity index (χ0v) is 22.1. The Morgan fingerprint density at radius 2 is 1.91 bits per heavy atom. The van der Waals surface area contributed by atoms with Gasteiger partial charge in [-0.3, -0.25) is 9.59 Å². The molecule has 3 rings (SSSR count). The fourth-order valence-electron chi connectivity index (χ4n) is 5.93. The van der Waals surface area contributed by atoms with Crippen LogP contribution < -0.4 is 0 Å². The summed E-state index contributed by atoms with van der Waals surface area (Å²) in [5.41, 5.74) is -0.303. The average molecular weight is 471 g/mol. The molecular weight excluding hydrogens is 424 g/mol. The summed E-state index contributed by atoms with van der Waals surface area (Å²) in [5, 5.41) is 11.7. The number of amides is 2. The average Bonchev–Trinajstić information content (AvgIpc) is 3.18. The van der Waals surface area contributed by atoms with Crippen LogP contribution >= 0.6 is 0 Å². The zero-order chi connectivity index (χ0) is 24.9. The monoisotopic (exact) mass is 470 g/mol. The van der Waals surface area contributed by atoms with E-state index in [0.717, 1.165) is 12.8 Å². The van der Waals surface area contributed by atoms with Crippen LogP contribution in [-0.4, -0.2) is 58.5 Å². The Morgan fingerprint density at radius 3 is 2.53 bits per heavy atom. The van der Waals surface area contributed by atoms with Crippen molar-refractivity contribution in [1.82, 2.24) is 9.80 Å². The maximum atomic E-state index is 13.3. The molecule has 2 aliphatic rings. The van der Waals surface area contributed by atoms with Gasteiger partial charge in [-0.05, 0) is 24.3 Å². The molecule has 0 spiro atoms. The van der Waals surface area contributed by atoms with Gasteiger partial charge in [-0.15, -0.1) is 0 Å². The molecule has 2 saturated heterocycles. The van der Waals surface area contributed by atoms with Gasteiger partial charge in [-0.25, -0.2) is 0 Å². The molecular formula is C29H46N2O3. The zero-order valence-electron chi connectivity index (χ0n) is 22.1. The molecule has 0 radical (unpaired) electrons. The van der Waals surface area contributed by atoms with E-state index in [1.807, 2.05) is 41.8 Å². The largest absolute Gasteiger partial charge is 0.387 e. The van der Waals surface area contributed by atoms with Crippen LogP contribution in [-0.2, 0) is 9.59 Å². The summed E-state index contributed by atoms with van der Waals surface area (Å²) >= 11 is 0. The lowest BCUT2D eigenvalue weighted by Gasteiger charge is -2.51. The topological polar surface area (TPSA) is 60.9 Å². The minimum atomic E-state index is -0.999. The van der Waals surface area contributed by atoms with Gasteiger partial charge in [0.05, 0.1) is 12.1 Å². The van der Waals surface area contributed by atoms with Gasteiger partial charge >= 0.3 is 0 Å². The van der Waals surface area contributed by atoms with Gasteiger partial charge < -0.3 is 14.9 Å². The summed E-state index contributed by atoms with van der Waals surface area (Å²) in [6.45, 7) is 12.7. The van der Waals surface area contributed by atoms with Crippen LogP contribution in [0.4, 0.5) is 0 Å². The van der Waals surface area contributed by atoms with Crippen molar-refractivity contribution >= 4 is 11.8 Å². The minimum absolute atomic E-state index is 0.00981. The Balaban J connectivity index is 1.60. The third-order valence-corrected chi connectivity index (χ3v) is 8.54. The van der Waals surface area contributed by atoms with Gasteiger partial charge in [0, 0.05) is 43.3 Å². The van der Waals surface area contributed by atoms with Crippen molar-refractivity contribution in [2.45, 2.75) is 91.1 Å². The number of unbranched alkanes of at least 4 members (excludes halogenated alkanes) is 1. The molecule has 2 unspecified atom stereocenters. The maximum absolute atomic E-state index is 13.3. The van der Waals surface area contributed by atoms with Crippen LogP contribution in [0.15, 0.2) is 30.3 Å². The van der Waals surface area contributed by atoms with Crippen LogP contribution in [0.1, 0.15) is 91.0 Å². The Morgan fingerprint density at radius 1 is 1.21 bits per heavy atom. The lowest BCUT2D eigenvalue weighted by Crippen LogP contribution is -2.63. The molecule has 190 valence electrons. The van der Waals surface area contributed by atoms with Gasteiger partial charge in [-0.2, -0.15) is 0 Å². The molecule has 0 aliphatic carbocycles. The van der Waals surface area contributed by atoms with Crippen molar-refractivity contribution in [2.24, 2.45) is 17.3 Å². The smallest absolute Gasteiger partial charge is 0.225 e. The van der Waals surface area contributed by atoms with Gasteiger partial charge in [0.15, 0.2) is 0 Å². The predicted molar refractivity (Wildman–Crippen MR) is 137 cm³/mol. The predicted octanol–water partition coefficient (Wildman–Crippen LogP) is 5.23. The molecule has 2 aliphatic heterocycles. The molecule has 1 N–H and O–H groups in total. The van der Waals surface area contributed by atoms with Crippen molar-refractivity contribution in [3.8, 4) is 0 Å². The molecule has 1 aromatic carbocycles. The first-order valence-corrected chi connectivity index (χ1v) is 13.4. The van der Waals surface area contributed by atoms with Gasteiger partial charge in [0.25, 0.3) is 0 Å². The summed E-state index contributed by atoms with van der Waals surface area (Å²) in [6.07, 6.45) is 6.69. The number of aliphatic hydroxyl groups is 1. The lowest BCUT2D eigenvalue weighted by molar-refractivity contribution is -0.161. The molecule has 0 saturated carbocycles. The van der Waals surface area contributed by atoms with Crippen molar-refractivity contribution in [2.75, 3.05) is 26.2 Å². The van der Waals surface area contributed by atoms with E-state index < -0.39 is 11.0 Å². The van der Waals surface area contributed by atoms with E-state index in [-0.39, 0.29) is 23.7 Å². The van der Waals surface area contributed by atoms with Crippen molar-refractivity contribution in [3.05, 3.63) is 35.9 Å². The number of likely N-dealkylation sites (tertiary alicyclic amines) is 2. The number of carbonyl (C=O) groups is 2. The first-order chi connectivity index (χ1) is 16.1. The number of nitrogens with zero attached hydrogens (tertiary/aromatic N) is 2. The minimum Gasteiger partial charge on any atom is -0.387 e. The second-order valence-electron chi connectivity index (χ2n) is 11.6. The number of β-amino-alcohol motifs (C(OH)–C–C–N with tert-alkyl or cyclic N) is 1. The third-order valence-electron chi connectivity index (χ3n) is 8.54. The molecule has 34 heavy (non-hydrogen) atoms. The number of piperidine rings is 1. The molecule has 2 amide bonds. The highest BCUT2D eigenvalue weighted by atomic mass is 16.3. The Hall–Kier alpha value is -1.88. The number of rotatable bonds is 10. The summed E-state index contributed by atoms with van der Waals surface area (Å²) in [7, 11) is 0. The van der Waals surface area contributed by atoms with E-state index in [0.29, 0.717) is 44.9 Å². The van der Waals surface area contributed by atoms with Gasteiger partial charge in [0.1, 0.15) is 0 Å². The van der Waals surface area contributed by atoms with Crippen molar-refractivity contribution < 1.29 is 14.7 Å². The lowest BCUT2D eigenvalue weighted by atomic mass is 9.69. The van der Waals surface area contributed by atoms with Crippen LogP contribution in [0.3, 0.4) is 0 Å². The Bertz CT molecular complexity index is 824. The van der Waals surface area contributed by atoms with Crippen LogP contribution in [0.2, 0.25) is 0 Å². The van der Waals surface area contributed by atoms with Crippen LogP contribution in [0, 0.1) is 17.3 Å². The highest BCUT2D eigenvalue weighted by Gasteiger charge is 2.51. The van der Waals surface area contributed by atoms with E-state index in [1.54, 1.807) is 0 Å². The van der Waals surface area contributed by atoms with E-state index in [4.69, 9.17) is 0 Å². The second-order valence-corrected chi connectivity index (χ2v) is 11.6. The SMILES string of the molecule is CCCCC(CC)C[C@@H](C)C(=O)N1CCC(O)(CN2C[C@H](c3ccccc3)CC2=O)C(C)(C)C1. The highest BCUT2D eigenvalue weighted by molar-refractivity contribution is 5.80. The van der Waals surface area contributed by atoms with Crippen molar-refractivity contribution in [3.63, 3.8) is 0 Å². The van der Waals surface area contributed by atoms with Crippen LogP contribution in [0.5, 0.6) is 0 Å². The molecule has 5 heteroatoms. The van der Waals surface area contributed by atoms with E-state index in [9.17, 15) is 14.7 Å². The highest BCUT2D eigenvalue weighted by Crippen LogP contribution is 2.41. The summed E-state index contributed by atoms with van der Waals surface area (Å²) in [6, 6.07) is 10.2. The summed E-state index contributed by atoms with van der Waals surface area (Å²) in [5.74, 6) is 1.12. The molecule has 4 atom stereocenters. The van der Waals surface area contributed by atoms with E-state index >= 15 is 0 Å². The van der Waals surface area contributed by atoms with Gasteiger partial charge in [-0.1, -0.05) is 90.6 Å². The number of hydrogen-bond acceptors (Lipinski definition) is 3. The summed E-state index contributed by atoms with van der Waals surface area (Å²) in [4.78, 5) is 29.9. The number of carbonyl (C=O) groups excluding carboxylic acids is 2. The molecule has 5 nitrogen and oxygen atoms in total. The number of hydrogen-bond donors (Lipinski definition) is 1. The fourth-order valence-corrected chi connectivity index (χ4v) is 5.93. The normalized spacial score (nSPS) is 26.5. The Labute approximate surface area is 206 Å². The van der Waals surface area contributed by atoms with Crippen LogP contribution in [0.25, 0.3) is 0 Å². The fraction of sp³-hybridized carbons (Fsp3) is 0.724. The molecule has 2 heterocycles. The summed E-state index contributed by atoms with van der Waals surface area (Å²) < 4.78 is 0. The third kappa shape index (κ3) is 6.02. The first-order valence-electron chi connectivity index (χ1n) is 13.4. The standard InChI is InChI=1S/C29H46N2O3/c1-6-8-12-23(7-2)17-22(3)27(33)30-16-15-29(34,28(4,5)20-30)21-31-19-25(18-26(31)32)24-13-10-9-11-14-24/h9-11,13-14,22-23,25,34H,6-8,12,15-21H2,1-5H3/t22-,23?,25-,29?/m1/s1. The van der Waals surface area contributed by atoms with E-state index in [1.165, 1.54) is 24.8 Å². The molecule has 2 fully saturated rings. The number of benzene rings is 1. The molecule has 0 aromatic heterocycles. The first kappa shape index (κ1) is 26.7. The second kappa shape index (κ2) is 11.2. The van der Waals surface area contributed by atoms with Gasteiger partial charge in [0.2, 0.25) is 11.8 Å². The van der Waals surface area contributed by atoms with Crippen molar-refractivity contribution in [1.29, 1.82) is 0 Å². The Kier molecular flexibility index (Phi) is 8.83. The quantitative estimate of drug-likeness (QED) is 0.509.